The molecule has 0 bridgehead atoms. The molecule has 0 rings (SSSR count). The van der Waals surface area contributed by atoms with E-state index >= 15 is 0 Å². The lowest BCUT2D eigenvalue weighted by molar-refractivity contribution is -0.161. The maximum atomic E-state index is 13.1. The Bertz CT molecular complexity index is 1990. The largest absolute Gasteiger partial charge is 0.472 e. The van der Waals surface area contributed by atoms with E-state index in [1.54, 1.807) is 0 Å². The van der Waals surface area contributed by atoms with E-state index in [9.17, 15) is 43.2 Å². The van der Waals surface area contributed by atoms with E-state index < -0.39 is 97.5 Å². The van der Waals surface area contributed by atoms with E-state index in [2.05, 4.69) is 55.4 Å². The Morgan fingerprint density at radius 3 is 0.696 bits per heavy atom. The van der Waals surface area contributed by atoms with E-state index in [0.29, 0.717) is 31.6 Å². The van der Waals surface area contributed by atoms with Gasteiger partial charge in [0.15, 0.2) is 12.2 Å². The number of rotatable bonds is 80. The molecule has 4 unspecified atom stereocenters. The summed E-state index contributed by atoms with van der Waals surface area (Å²) in [6.45, 7) is 14.2. The first-order valence-corrected chi connectivity index (χ1v) is 45.7. The van der Waals surface area contributed by atoms with Crippen molar-refractivity contribution in [2.24, 2.45) is 23.7 Å². The number of hydrogen-bond acceptors (Lipinski definition) is 15. The van der Waals surface area contributed by atoms with Crippen molar-refractivity contribution in [3.05, 3.63) is 0 Å². The zero-order valence-electron chi connectivity index (χ0n) is 67.2. The maximum absolute atomic E-state index is 13.1. The first kappa shape index (κ1) is 100. The molecule has 3 N–H and O–H groups in total. The normalized spacial score (nSPS) is 14.3. The summed E-state index contributed by atoms with van der Waals surface area (Å²) in [5, 5.41) is 10.6. The van der Waals surface area contributed by atoms with Crippen molar-refractivity contribution in [3.8, 4) is 0 Å². The lowest BCUT2D eigenvalue weighted by Crippen LogP contribution is -2.30. The maximum Gasteiger partial charge on any atom is 0.472 e. The van der Waals surface area contributed by atoms with Crippen LogP contribution in [0.5, 0.6) is 0 Å². The molecular formula is C83H162O17P2. The summed E-state index contributed by atoms with van der Waals surface area (Å²) < 4.78 is 68.7. The molecule has 0 aliphatic rings. The monoisotopic (exact) mass is 1490 g/mol. The Hall–Kier alpha value is -1.94. The van der Waals surface area contributed by atoms with Crippen LogP contribution in [0.1, 0.15) is 428 Å². The summed E-state index contributed by atoms with van der Waals surface area (Å²) in [4.78, 5) is 73.0. The smallest absolute Gasteiger partial charge is 0.462 e. The van der Waals surface area contributed by atoms with Crippen molar-refractivity contribution in [1.29, 1.82) is 0 Å². The third kappa shape index (κ3) is 74.9. The van der Waals surface area contributed by atoms with Gasteiger partial charge in [-0.1, -0.05) is 376 Å². The lowest BCUT2D eigenvalue weighted by Gasteiger charge is -2.21. The lowest BCUT2D eigenvalue weighted by atomic mass is 10.00. The van der Waals surface area contributed by atoms with Crippen molar-refractivity contribution < 1.29 is 80.2 Å². The number of phosphoric ester groups is 2. The van der Waals surface area contributed by atoms with Crippen LogP contribution >= 0.6 is 15.6 Å². The fraction of sp³-hybridized carbons (Fsp3) is 0.952. The van der Waals surface area contributed by atoms with Gasteiger partial charge < -0.3 is 33.8 Å². The van der Waals surface area contributed by atoms with Crippen LogP contribution in [0.4, 0.5) is 0 Å². The van der Waals surface area contributed by atoms with Gasteiger partial charge in [-0.3, -0.25) is 37.3 Å². The third-order valence-electron chi connectivity index (χ3n) is 19.7. The fourth-order valence-electron chi connectivity index (χ4n) is 12.8. The number of hydrogen-bond donors (Lipinski definition) is 3. The zero-order valence-corrected chi connectivity index (χ0v) is 69.0. The number of phosphoric acid groups is 2. The summed E-state index contributed by atoms with van der Waals surface area (Å²) >= 11 is 0. The predicted octanol–water partition coefficient (Wildman–Crippen LogP) is 24.8. The highest BCUT2D eigenvalue weighted by Crippen LogP contribution is 2.45. The second-order valence-electron chi connectivity index (χ2n) is 31.5. The molecule has 0 aliphatic heterocycles. The standard InChI is InChI=1S/C83H162O17P2/c1-9-76(8)62-54-46-41-42-50-58-66-83(88)100-79(70-94-81(86)64-56-48-40-34-37-45-53-61-75(6)7)72-98-102(91,92)96-68-77(84)67-95-101(89,90)97-71-78(99-82(87)65-57-49-39-33-29-25-21-17-13-11-15-19-23-27-31-36-44-52-60-74(4)5)69-93-80(85)63-55-47-38-32-28-24-20-16-12-10-14-18-22-26-30-35-43-51-59-73(2)3/h73-79,84H,9-72H2,1-8H3,(H,89,90)(H,91,92)/t76?,77?,78-,79-/m1/s1. The average molecular weight is 1490 g/mol. The van der Waals surface area contributed by atoms with Crippen LogP contribution in [0, 0.1) is 23.7 Å². The van der Waals surface area contributed by atoms with Gasteiger partial charge in [0.05, 0.1) is 26.4 Å². The summed E-state index contributed by atoms with van der Waals surface area (Å²) in [5.41, 5.74) is 0. The molecular weight excluding hydrogens is 1330 g/mol. The Balaban J connectivity index is 5.18. The molecule has 0 fully saturated rings. The molecule has 0 aromatic carbocycles. The Morgan fingerprint density at radius 1 is 0.275 bits per heavy atom. The predicted molar refractivity (Wildman–Crippen MR) is 418 cm³/mol. The number of aliphatic hydroxyl groups excluding tert-OH is 1. The van der Waals surface area contributed by atoms with Crippen LogP contribution in [0.3, 0.4) is 0 Å². The molecule has 17 nitrogen and oxygen atoms in total. The molecule has 6 atom stereocenters. The van der Waals surface area contributed by atoms with Crippen molar-refractivity contribution in [2.75, 3.05) is 39.6 Å². The number of carbonyl (C=O) groups is 4. The second-order valence-corrected chi connectivity index (χ2v) is 34.4. The van der Waals surface area contributed by atoms with Gasteiger partial charge in [-0.25, -0.2) is 9.13 Å². The van der Waals surface area contributed by atoms with E-state index in [1.807, 2.05) is 0 Å². The van der Waals surface area contributed by atoms with Crippen molar-refractivity contribution in [3.63, 3.8) is 0 Å². The van der Waals surface area contributed by atoms with Gasteiger partial charge in [0.2, 0.25) is 0 Å². The molecule has 19 heteroatoms. The van der Waals surface area contributed by atoms with Gasteiger partial charge in [0.1, 0.15) is 19.3 Å². The van der Waals surface area contributed by atoms with Crippen molar-refractivity contribution in [2.45, 2.75) is 446 Å². The highest BCUT2D eigenvalue weighted by atomic mass is 31.2. The minimum absolute atomic E-state index is 0.102. The highest BCUT2D eigenvalue weighted by molar-refractivity contribution is 7.47. The second kappa shape index (κ2) is 72.0. The first-order valence-electron chi connectivity index (χ1n) is 42.7. The Morgan fingerprint density at radius 2 is 0.471 bits per heavy atom. The Kier molecular flexibility index (Phi) is 70.6. The van der Waals surface area contributed by atoms with Gasteiger partial charge in [-0.15, -0.1) is 0 Å². The van der Waals surface area contributed by atoms with Gasteiger partial charge in [-0.2, -0.15) is 0 Å². The molecule has 0 aromatic heterocycles. The molecule has 606 valence electrons. The van der Waals surface area contributed by atoms with Crippen LogP contribution in [0.2, 0.25) is 0 Å². The van der Waals surface area contributed by atoms with Gasteiger partial charge in [0.25, 0.3) is 0 Å². The zero-order chi connectivity index (χ0) is 75.3. The molecule has 0 spiro atoms. The molecule has 0 amide bonds. The average Bonchev–Trinajstić information content (AvgIpc) is 0.907. The van der Waals surface area contributed by atoms with Crippen molar-refractivity contribution >= 4 is 39.5 Å². The number of unbranched alkanes of at least 4 members (excludes halogenated alkanes) is 45. The van der Waals surface area contributed by atoms with Gasteiger partial charge in [0, 0.05) is 25.7 Å². The van der Waals surface area contributed by atoms with Crippen LogP contribution in [0.15, 0.2) is 0 Å². The number of carbonyl (C=O) groups excluding carboxylic acids is 4. The van der Waals surface area contributed by atoms with Crippen LogP contribution in [-0.4, -0.2) is 96.7 Å². The number of ether oxygens (including phenoxy) is 4. The molecule has 0 saturated carbocycles. The molecule has 0 aliphatic carbocycles. The quantitative estimate of drug-likeness (QED) is 0.0222. The summed E-state index contributed by atoms with van der Waals surface area (Å²) in [6, 6.07) is 0. The summed E-state index contributed by atoms with van der Waals surface area (Å²) in [6.07, 6.45) is 60.1. The van der Waals surface area contributed by atoms with E-state index in [-0.39, 0.29) is 25.7 Å². The van der Waals surface area contributed by atoms with Crippen LogP contribution in [-0.2, 0) is 65.4 Å². The topological polar surface area (TPSA) is 237 Å². The van der Waals surface area contributed by atoms with Crippen LogP contribution in [0.25, 0.3) is 0 Å². The third-order valence-corrected chi connectivity index (χ3v) is 21.6. The number of aliphatic hydroxyl groups is 1. The summed E-state index contributed by atoms with van der Waals surface area (Å²) in [5.74, 6) is 0.951. The minimum Gasteiger partial charge on any atom is -0.462 e. The summed E-state index contributed by atoms with van der Waals surface area (Å²) in [7, 11) is -9.92. The number of esters is 4. The van der Waals surface area contributed by atoms with Crippen LogP contribution < -0.4 is 0 Å². The first-order chi connectivity index (χ1) is 49.1. The fourth-order valence-corrected chi connectivity index (χ4v) is 14.3. The molecule has 0 heterocycles. The van der Waals surface area contributed by atoms with E-state index in [0.717, 1.165) is 114 Å². The van der Waals surface area contributed by atoms with E-state index in [4.69, 9.17) is 37.0 Å². The highest BCUT2D eigenvalue weighted by Gasteiger charge is 2.30. The van der Waals surface area contributed by atoms with Gasteiger partial charge >= 0.3 is 39.5 Å². The van der Waals surface area contributed by atoms with Crippen molar-refractivity contribution in [1.82, 2.24) is 0 Å². The molecule has 0 saturated heterocycles. The Labute approximate surface area is 626 Å². The van der Waals surface area contributed by atoms with E-state index in [1.165, 1.54) is 225 Å². The minimum atomic E-state index is -4.96. The SMILES string of the molecule is CCC(C)CCCCCCCCC(=O)O[C@H](COC(=O)CCCCCCCCCC(C)C)COP(=O)(O)OCC(O)COP(=O)(O)OC[C@@H](COC(=O)CCCCCCCCCCCCCCCCCCCCC(C)C)OC(=O)CCCCCCCCCCCCCCCCCCCCC(C)C. The molecule has 0 aromatic rings. The molecule has 0 radical (unpaired) electrons. The molecule has 102 heavy (non-hydrogen) atoms. The van der Waals surface area contributed by atoms with Gasteiger partial charge in [-0.05, 0) is 49.4 Å².